The van der Waals surface area contributed by atoms with Gasteiger partial charge in [0.05, 0.1) is 19.3 Å². The van der Waals surface area contributed by atoms with Crippen molar-refractivity contribution in [1.29, 1.82) is 0 Å². The third-order valence-electron chi connectivity index (χ3n) is 3.50. The smallest absolute Gasteiger partial charge is 0.169 e. The van der Waals surface area contributed by atoms with Crippen LogP contribution in [-0.2, 0) is 4.74 Å². The average molecular weight is 254 g/mol. The second-order valence-electron chi connectivity index (χ2n) is 4.61. The molecule has 0 saturated carbocycles. The van der Waals surface area contributed by atoms with Crippen molar-refractivity contribution in [3.8, 4) is 5.75 Å². The minimum atomic E-state index is -0.384. The number of benzene rings is 1. The van der Waals surface area contributed by atoms with E-state index in [1.807, 2.05) is 0 Å². The molecule has 3 unspecified atom stereocenters. The number of hydrazine groups is 1. The van der Waals surface area contributed by atoms with Crippen molar-refractivity contribution < 1.29 is 13.9 Å². The quantitative estimate of drug-likeness (QED) is 0.635. The SMILES string of the molecule is COc1cccc(C(NN)C2OCCC2C)c1F. The lowest BCUT2D eigenvalue weighted by atomic mass is 9.92. The van der Waals surface area contributed by atoms with E-state index in [4.69, 9.17) is 15.3 Å². The first-order valence-electron chi connectivity index (χ1n) is 6.09. The Morgan fingerprint density at radius 1 is 1.56 bits per heavy atom. The highest BCUT2D eigenvalue weighted by Crippen LogP contribution is 2.34. The van der Waals surface area contributed by atoms with Crippen LogP contribution in [0.25, 0.3) is 0 Å². The van der Waals surface area contributed by atoms with Crippen LogP contribution >= 0.6 is 0 Å². The van der Waals surface area contributed by atoms with Gasteiger partial charge >= 0.3 is 0 Å². The van der Waals surface area contributed by atoms with Crippen molar-refractivity contribution >= 4 is 0 Å². The highest BCUT2D eigenvalue weighted by molar-refractivity contribution is 5.33. The molecule has 1 aromatic rings. The standard InChI is InChI=1S/C13H19FN2O2/c1-8-6-7-18-13(8)12(16-15)9-4-3-5-10(17-2)11(9)14/h3-5,8,12-13,16H,6-7,15H2,1-2H3. The molecule has 1 saturated heterocycles. The molecule has 0 aromatic heterocycles. The number of hydrogen-bond donors (Lipinski definition) is 2. The molecule has 1 heterocycles. The average Bonchev–Trinajstić information content (AvgIpc) is 2.79. The van der Waals surface area contributed by atoms with Gasteiger partial charge in [-0.25, -0.2) is 4.39 Å². The van der Waals surface area contributed by atoms with Crippen molar-refractivity contribution in [2.45, 2.75) is 25.5 Å². The minimum Gasteiger partial charge on any atom is -0.494 e. The fourth-order valence-electron chi connectivity index (χ4n) is 2.43. The number of rotatable bonds is 4. The summed E-state index contributed by atoms with van der Waals surface area (Å²) in [6.07, 6.45) is 0.852. The van der Waals surface area contributed by atoms with Crippen LogP contribution in [0, 0.1) is 11.7 Å². The Morgan fingerprint density at radius 3 is 2.89 bits per heavy atom. The molecule has 2 rings (SSSR count). The zero-order valence-electron chi connectivity index (χ0n) is 10.7. The van der Waals surface area contributed by atoms with Gasteiger partial charge in [-0.2, -0.15) is 0 Å². The Hall–Kier alpha value is -1.17. The fraction of sp³-hybridized carbons (Fsp3) is 0.538. The van der Waals surface area contributed by atoms with Crippen LogP contribution < -0.4 is 16.0 Å². The molecule has 0 bridgehead atoms. The molecule has 3 atom stereocenters. The summed E-state index contributed by atoms with van der Waals surface area (Å²) >= 11 is 0. The van der Waals surface area contributed by atoms with E-state index in [9.17, 15) is 4.39 Å². The monoisotopic (exact) mass is 254 g/mol. The maximum atomic E-state index is 14.2. The van der Waals surface area contributed by atoms with Crippen molar-refractivity contribution in [3.63, 3.8) is 0 Å². The van der Waals surface area contributed by atoms with Gasteiger partial charge in [-0.1, -0.05) is 19.1 Å². The largest absolute Gasteiger partial charge is 0.494 e. The van der Waals surface area contributed by atoms with E-state index in [0.717, 1.165) is 6.42 Å². The van der Waals surface area contributed by atoms with Gasteiger partial charge in [0.25, 0.3) is 0 Å². The minimum absolute atomic E-state index is 0.114. The van der Waals surface area contributed by atoms with E-state index in [-0.39, 0.29) is 23.7 Å². The predicted octanol–water partition coefficient (Wildman–Crippen LogP) is 1.76. The topological polar surface area (TPSA) is 56.5 Å². The van der Waals surface area contributed by atoms with Gasteiger partial charge in [-0.3, -0.25) is 11.3 Å². The number of halogens is 1. The zero-order chi connectivity index (χ0) is 13.1. The van der Waals surface area contributed by atoms with Gasteiger partial charge in [-0.15, -0.1) is 0 Å². The Balaban J connectivity index is 2.32. The van der Waals surface area contributed by atoms with E-state index in [1.165, 1.54) is 7.11 Å². The number of nitrogens with two attached hydrogens (primary N) is 1. The molecule has 4 nitrogen and oxygen atoms in total. The van der Waals surface area contributed by atoms with Crippen LogP contribution in [-0.4, -0.2) is 19.8 Å². The van der Waals surface area contributed by atoms with Crippen LogP contribution in [0.4, 0.5) is 4.39 Å². The molecule has 100 valence electrons. The summed E-state index contributed by atoms with van der Waals surface area (Å²) in [6, 6.07) is 4.68. The first-order chi connectivity index (χ1) is 8.69. The lowest BCUT2D eigenvalue weighted by Gasteiger charge is -2.26. The first kappa shape index (κ1) is 13.3. The molecular weight excluding hydrogens is 235 g/mol. The second-order valence-corrected chi connectivity index (χ2v) is 4.61. The highest BCUT2D eigenvalue weighted by Gasteiger charge is 2.34. The molecule has 0 radical (unpaired) electrons. The van der Waals surface area contributed by atoms with Gasteiger partial charge in [0, 0.05) is 12.2 Å². The van der Waals surface area contributed by atoms with E-state index in [2.05, 4.69) is 12.3 Å². The van der Waals surface area contributed by atoms with Gasteiger partial charge in [-0.05, 0) is 18.4 Å². The Labute approximate surface area is 106 Å². The molecule has 1 aliphatic heterocycles. The first-order valence-corrected chi connectivity index (χ1v) is 6.09. The van der Waals surface area contributed by atoms with Gasteiger partial charge < -0.3 is 9.47 Å². The molecule has 0 aliphatic carbocycles. The number of methoxy groups -OCH3 is 1. The molecule has 1 aromatic carbocycles. The normalized spacial score (nSPS) is 25.1. The van der Waals surface area contributed by atoms with E-state index in [0.29, 0.717) is 18.1 Å². The third-order valence-corrected chi connectivity index (χ3v) is 3.50. The van der Waals surface area contributed by atoms with Crippen LogP contribution in [0.3, 0.4) is 0 Å². The summed E-state index contributed by atoms with van der Waals surface area (Å²) < 4.78 is 24.9. The molecular formula is C13H19FN2O2. The lowest BCUT2D eigenvalue weighted by Crippen LogP contribution is -2.39. The summed E-state index contributed by atoms with van der Waals surface area (Å²) in [5.74, 6) is 5.75. The third kappa shape index (κ3) is 2.34. The molecule has 0 spiro atoms. The van der Waals surface area contributed by atoms with Crippen molar-refractivity contribution in [2.75, 3.05) is 13.7 Å². The van der Waals surface area contributed by atoms with Crippen LogP contribution in [0.15, 0.2) is 18.2 Å². The van der Waals surface area contributed by atoms with Gasteiger partial charge in [0.2, 0.25) is 0 Å². The summed E-state index contributed by atoms with van der Waals surface area (Å²) in [5, 5.41) is 0. The van der Waals surface area contributed by atoms with E-state index < -0.39 is 0 Å². The molecule has 5 heteroatoms. The van der Waals surface area contributed by atoms with Crippen LogP contribution in [0.2, 0.25) is 0 Å². The summed E-state index contributed by atoms with van der Waals surface area (Å²) in [6.45, 7) is 2.77. The lowest BCUT2D eigenvalue weighted by molar-refractivity contribution is 0.0595. The highest BCUT2D eigenvalue weighted by atomic mass is 19.1. The maximum absolute atomic E-state index is 14.2. The number of ether oxygens (including phenoxy) is 2. The van der Waals surface area contributed by atoms with E-state index >= 15 is 0 Å². The molecule has 3 N–H and O–H groups in total. The Morgan fingerprint density at radius 2 is 2.33 bits per heavy atom. The molecule has 0 amide bonds. The molecule has 18 heavy (non-hydrogen) atoms. The summed E-state index contributed by atoms with van der Waals surface area (Å²) in [7, 11) is 1.45. The predicted molar refractivity (Wildman–Crippen MR) is 66.5 cm³/mol. The molecule has 1 fully saturated rings. The van der Waals surface area contributed by atoms with Crippen LogP contribution in [0.1, 0.15) is 24.9 Å². The number of hydrogen-bond acceptors (Lipinski definition) is 4. The maximum Gasteiger partial charge on any atom is 0.169 e. The van der Waals surface area contributed by atoms with E-state index in [1.54, 1.807) is 18.2 Å². The Kier molecular flexibility index (Phi) is 4.16. The van der Waals surface area contributed by atoms with Gasteiger partial charge in [0.15, 0.2) is 11.6 Å². The Bertz CT molecular complexity index is 414. The van der Waals surface area contributed by atoms with Crippen molar-refractivity contribution in [2.24, 2.45) is 11.8 Å². The second kappa shape index (κ2) is 5.65. The van der Waals surface area contributed by atoms with Crippen molar-refractivity contribution in [3.05, 3.63) is 29.6 Å². The fourth-order valence-corrected chi connectivity index (χ4v) is 2.43. The zero-order valence-corrected chi connectivity index (χ0v) is 10.7. The van der Waals surface area contributed by atoms with Crippen LogP contribution in [0.5, 0.6) is 5.75 Å². The molecule has 1 aliphatic rings. The van der Waals surface area contributed by atoms with Gasteiger partial charge in [0.1, 0.15) is 0 Å². The van der Waals surface area contributed by atoms with Crippen molar-refractivity contribution in [1.82, 2.24) is 5.43 Å². The summed E-state index contributed by atoms with van der Waals surface area (Å²) in [4.78, 5) is 0. The number of nitrogens with one attached hydrogen (secondary N) is 1. The summed E-state index contributed by atoms with van der Waals surface area (Å²) in [5.41, 5.74) is 3.14.